The van der Waals surface area contributed by atoms with Crippen molar-refractivity contribution in [1.29, 1.82) is 0 Å². The van der Waals surface area contributed by atoms with Crippen molar-refractivity contribution >= 4 is 38.4 Å². The molecule has 238 valence electrons. The van der Waals surface area contributed by atoms with E-state index in [1.807, 2.05) is 76.4 Å². The number of carbonyl (C=O) groups is 1. The summed E-state index contributed by atoms with van der Waals surface area (Å²) in [6, 6.07) is 15.0. The number of para-hydroxylation sites is 2. The van der Waals surface area contributed by atoms with Crippen LogP contribution in [0.25, 0.3) is 21.6 Å². The van der Waals surface area contributed by atoms with Crippen LogP contribution < -0.4 is 9.46 Å². The number of carbonyl (C=O) groups excluding carboxylic acids is 1. The van der Waals surface area contributed by atoms with Gasteiger partial charge in [-0.1, -0.05) is 38.1 Å². The molecule has 3 heterocycles. The number of rotatable bonds is 8. The molecule has 3 aromatic heterocycles. The first-order valence-electron chi connectivity index (χ1n) is 15.0. The van der Waals surface area contributed by atoms with Gasteiger partial charge in [-0.05, 0) is 95.5 Å². The van der Waals surface area contributed by atoms with Crippen LogP contribution in [-0.2, 0) is 19.6 Å². The SMILES string of the molecule is CC(C)C(=O)OC1CCCC1.CC(C)Oc1nc2ccccc2nc1-c1cccs1.Cc1ccc(S(=O)(=O)NC(C)C)nc1. The van der Waals surface area contributed by atoms with Crippen molar-refractivity contribution in [2.75, 3.05) is 0 Å². The van der Waals surface area contributed by atoms with E-state index >= 15 is 0 Å². The van der Waals surface area contributed by atoms with Crippen molar-refractivity contribution in [2.24, 2.45) is 5.92 Å². The van der Waals surface area contributed by atoms with Crippen LogP contribution in [0.1, 0.15) is 72.8 Å². The first-order chi connectivity index (χ1) is 20.9. The highest BCUT2D eigenvalue weighted by atomic mass is 32.2. The van der Waals surface area contributed by atoms with E-state index in [9.17, 15) is 13.2 Å². The predicted octanol–water partition coefficient (Wildman–Crippen LogP) is 7.35. The summed E-state index contributed by atoms with van der Waals surface area (Å²) in [6.07, 6.45) is 6.41. The second kappa shape index (κ2) is 16.6. The summed E-state index contributed by atoms with van der Waals surface area (Å²) in [4.78, 5) is 25.3. The van der Waals surface area contributed by atoms with Crippen LogP contribution in [0.2, 0.25) is 0 Å². The third kappa shape index (κ3) is 10.9. The van der Waals surface area contributed by atoms with Crippen LogP contribution in [0, 0.1) is 12.8 Å². The fourth-order valence-electron chi connectivity index (χ4n) is 4.15. The number of pyridine rings is 1. The molecule has 0 saturated heterocycles. The molecule has 5 rings (SSSR count). The monoisotopic (exact) mass is 640 g/mol. The third-order valence-corrected chi connectivity index (χ3v) is 8.70. The highest BCUT2D eigenvalue weighted by Gasteiger charge is 2.20. The van der Waals surface area contributed by atoms with Gasteiger partial charge in [-0.2, -0.15) is 0 Å². The number of aryl methyl sites for hydroxylation is 1. The van der Waals surface area contributed by atoms with E-state index in [2.05, 4.69) is 14.7 Å². The standard InChI is InChI=1S/C15H14N2OS.C9H14N2O2S.C9H16O2/c1-10(2)18-15-14(13-8-5-9-19-13)16-11-6-3-4-7-12(11)17-15;1-7(2)11-14(12,13)9-5-4-8(3)6-10-9;1-7(2)9(10)11-8-5-3-4-6-8/h3-10H,1-2H3;4-7,11H,1-3H3;7-8H,3-6H2,1-2H3. The Morgan fingerprint density at radius 3 is 2.11 bits per heavy atom. The number of thiophene rings is 1. The normalized spacial score (nSPS) is 13.4. The van der Waals surface area contributed by atoms with Gasteiger partial charge in [-0.15, -0.1) is 11.3 Å². The highest BCUT2D eigenvalue weighted by Crippen LogP contribution is 2.32. The Labute approximate surface area is 265 Å². The lowest BCUT2D eigenvalue weighted by Crippen LogP contribution is -2.30. The zero-order valence-corrected chi connectivity index (χ0v) is 28.2. The molecule has 1 aliphatic rings. The predicted molar refractivity (Wildman–Crippen MR) is 176 cm³/mol. The molecule has 9 nitrogen and oxygen atoms in total. The van der Waals surface area contributed by atoms with Crippen LogP contribution in [0.4, 0.5) is 0 Å². The molecule has 0 amide bonds. The van der Waals surface area contributed by atoms with Gasteiger partial charge in [0.05, 0.1) is 27.9 Å². The Balaban J connectivity index is 0.000000189. The lowest BCUT2D eigenvalue weighted by Gasteiger charge is -2.12. The molecule has 44 heavy (non-hydrogen) atoms. The molecular weight excluding hydrogens is 597 g/mol. The molecule has 1 aliphatic carbocycles. The molecule has 0 spiro atoms. The summed E-state index contributed by atoms with van der Waals surface area (Å²) < 4.78 is 36.7. The zero-order valence-electron chi connectivity index (χ0n) is 26.6. The van der Waals surface area contributed by atoms with Gasteiger partial charge in [-0.25, -0.2) is 28.1 Å². The summed E-state index contributed by atoms with van der Waals surface area (Å²) >= 11 is 1.64. The molecule has 0 radical (unpaired) electrons. The number of ether oxygens (including phenoxy) is 2. The van der Waals surface area contributed by atoms with Gasteiger partial charge < -0.3 is 9.47 Å². The van der Waals surface area contributed by atoms with Crippen LogP contribution in [0.15, 0.2) is 65.1 Å². The Kier molecular flexibility index (Phi) is 13.2. The van der Waals surface area contributed by atoms with Crippen molar-refractivity contribution in [3.63, 3.8) is 0 Å². The Hall–Kier alpha value is -3.41. The number of hydrogen-bond acceptors (Lipinski definition) is 9. The molecule has 1 N–H and O–H groups in total. The number of esters is 1. The summed E-state index contributed by atoms with van der Waals surface area (Å²) in [5, 5.41) is 2.10. The molecule has 0 atom stereocenters. The second-order valence-electron chi connectivity index (χ2n) is 11.5. The van der Waals surface area contributed by atoms with E-state index in [1.54, 1.807) is 31.3 Å². The van der Waals surface area contributed by atoms with E-state index < -0.39 is 10.0 Å². The van der Waals surface area contributed by atoms with Crippen LogP contribution in [0.5, 0.6) is 5.88 Å². The minimum Gasteiger partial charge on any atom is -0.473 e. The largest absolute Gasteiger partial charge is 0.473 e. The average molecular weight is 641 g/mol. The average Bonchev–Trinajstić information content (AvgIpc) is 3.68. The van der Waals surface area contributed by atoms with Crippen molar-refractivity contribution in [3.8, 4) is 16.5 Å². The number of hydrogen-bond donors (Lipinski definition) is 1. The molecule has 0 aliphatic heterocycles. The summed E-state index contributed by atoms with van der Waals surface area (Å²) in [7, 11) is -3.44. The molecule has 0 bridgehead atoms. The molecule has 4 aromatic rings. The number of aromatic nitrogens is 3. The molecule has 0 unspecified atom stereocenters. The lowest BCUT2D eigenvalue weighted by atomic mass is 10.2. The van der Waals surface area contributed by atoms with Gasteiger partial charge in [0.25, 0.3) is 10.0 Å². The number of sulfonamides is 1. The smallest absolute Gasteiger partial charge is 0.308 e. The highest BCUT2D eigenvalue weighted by molar-refractivity contribution is 7.89. The van der Waals surface area contributed by atoms with E-state index in [-0.39, 0.29) is 35.2 Å². The Bertz CT molecular complexity index is 1570. The fourth-order valence-corrected chi connectivity index (χ4v) is 6.04. The zero-order chi connectivity index (χ0) is 32.3. The Morgan fingerprint density at radius 2 is 1.59 bits per heavy atom. The maximum Gasteiger partial charge on any atom is 0.308 e. The minimum absolute atomic E-state index is 0.0237. The maximum atomic E-state index is 11.6. The summed E-state index contributed by atoms with van der Waals surface area (Å²) in [5.74, 6) is 0.587. The number of nitrogens with one attached hydrogen (secondary N) is 1. The van der Waals surface area contributed by atoms with Crippen molar-refractivity contribution < 1.29 is 22.7 Å². The van der Waals surface area contributed by atoms with Gasteiger partial charge >= 0.3 is 5.97 Å². The van der Waals surface area contributed by atoms with Crippen molar-refractivity contribution in [1.82, 2.24) is 19.7 Å². The van der Waals surface area contributed by atoms with Crippen LogP contribution >= 0.6 is 11.3 Å². The Morgan fingerprint density at radius 1 is 0.932 bits per heavy atom. The molecule has 11 heteroatoms. The van der Waals surface area contributed by atoms with Gasteiger partial charge in [0.15, 0.2) is 5.03 Å². The first kappa shape index (κ1) is 35.1. The van der Waals surface area contributed by atoms with Gasteiger partial charge in [0.2, 0.25) is 5.88 Å². The molecular formula is C33H44N4O5S2. The topological polar surface area (TPSA) is 120 Å². The lowest BCUT2D eigenvalue weighted by molar-refractivity contribution is -0.152. The minimum atomic E-state index is -3.44. The van der Waals surface area contributed by atoms with E-state index in [1.165, 1.54) is 25.1 Å². The van der Waals surface area contributed by atoms with Gasteiger partial charge in [0, 0.05) is 12.2 Å². The van der Waals surface area contributed by atoms with E-state index in [0.29, 0.717) is 5.88 Å². The van der Waals surface area contributed by atoms with Crippen LogP contribution in [0.3, 0.4) is 0 Å². The molecule has 1 aromatic carbocycles. The summed E-state index contributed by atoms with van der Waals surface area (Å²) in [5.41, 5.74) is 3.51. The number of fused-ring (bicyclic) bond motifs is 1. The quantitative estimate of drug-likeness (QED) is 0.199. The fraction of sp³-hybridized carbons (Fsp3) is 0.455. The second-order valence-corrected chi connectivity index (χ2v) is 14.1. The molecule has 1 saturated carbocycles. The van der Waals surface area contributed by atoms with Crippen molar-refractivity contribution in [3.05, 3.63) is 65.7 Å². The summed E-state index contributed by atoms with van der Waals surface area (Å²) in [6.45, 7) is 13.1. The van der Waals surface area contributed by atoms with E-state index in [0.717, 1.165) is 40.0 Å². The van der Waals surface area contributed by atoms with Crippen LogP contribution in [-0.4, -0.2) is 47.6 Å². The maximum absolute atomic E-state index is 11.6. The number of nitrogens with zero attached hydrogens (tertiary/aromatic N) is 3. The first-order valence-corrected chi connectivity index (χ1v) is 17.3. The van der Waals surface area contributed by atoms with E-state index in [4.69, 9.17) is 14.5 Å². The number of benzene rings is 1. The van der Waals surface area contributed by atoms with Crippen molar-refractivity contribution in [2.45, 2.75) is 97.4 Å². The van der Waals surface area contributed by atoms with Gasteiger partial charge in [0.1, 0.15) is 11.8 Å². The molecule has 1 fully saturated rings. The van der Waals surface area contributed by atoms with Gasteiger partial charge in [-0.3, -0.25) is 4.79 Å². The third-order valence-electron chi connectivity index (χ3n) is 6.25.